The topological polar surface area (TPSA) is 84.1 Å². The van der Waals surface area contributed by atoms with Crippen LogP contribution < -0.4 is 11.1 Å². The quantitative estimate of drug-likeness (QED) is 0.715. The molecule has 1 atom stereocenters. The van der Waals surface area contributed by atoms with E-state index in [4.69, 9.17) is 5.73 Å². The highest BCUT2D eigenvalue weighted by Gasteiger charge is 2.21. The smallest absolute Gasteiger partial charge is 0.240 e. The van der Waals surface area contributed by atoms with Crippen molar-refractivity contribution in [3.8, 4) is 0 Å². The molecule has 1 aliphatic rings. The Labute approximate surface area is 93.9 Å². The van der Waals surface area contributed by atoms with Gasteiger partial charge in [-0.2, -0.15) is 0 Å². The highest BCUT2D eigenvalue weighted by atomic mass is 16.2. The summed E-state index contributed by atoms with van der Waals surface area (Å²) in [6.07, 6.45) is 4.14. The van der Waals surface area contributed by atoms with Crippen LogP contribution in [0.25, 0.3) is 0 Å². The number of rotatable bonds is 3. The molecule has 0 saturated carbocycles. The molecule has 0 aliphatic carbocycles. The molecule has 6 nitrogen and oxygen atoms in total. The van der Waals surface area contributed by atoms with Crippen molar-refractivity contribution in [1.82, 2.24) is 14.9 Å². The number of carbonyl (C=O) groups excluding carboxylic acids is 1. The Morgan fingerprint density at radius 2 is 2.31 bits per heavy atom. The first-order valence-corrected chi connectivity index (χ1v) is 5.29. The van der Waals surface area contributed by atoms with Crippen LogP contribution in [0.2, 0.25) is 0 Å². The normalized spacial score (nSPS) is 20.9. The Morgan fingerprint density at radius 1 is 1.56 bits per heavy atom. The summed E-state index contributed by atoms with van der Waals surface area (Å²) in [6, 6.07) is 1.90. The second-order valence-corrected chi connectivity index (χ2v) is 3.90. The molecule has 1 aromatic rings. The van der Waals surface area contributed by atoms with E-state index in [-0.39, 0.29) is 11.9 Å². The van der Waals surface area contributed by atoms with Crippen LogP contribution in [0.15, 0.2) is 18.5 Å². The van der Waals surface area contributed by atoms with Crippen LogP contribution in [-0.2, 0) is 4.79 Å². The number of aromatic nitrogens is 2. The van der Waals surface area contributed by atoms with Crippen LogP contribution in [0.4, 0.5) is 5.95 Å². The van der Waals surface area contributed by atoms with E-state index in [0.29, 0.717) is 12.5 Å². The molecule has 0 radical (unpaired) electrons. The molecule has 3 N–H and O–H groups in total. The molecule has 0 spiro atoms. The van der Waals surface area contributed by atoms with Gasteiger partial charge in [-0.1, -0.05) is 0 Å². The van der Waals surface area contributed by atoms with E-state index in [0.717, 1.165) is 19.5 Å². The van der Waals surface area contributed by atoms with Gasteiger partial charge >= 0.3 is 0 Å². The van der Waals surface area contributed by atoms with Gasteiger partial charge in [-0.3, -0.25) is 15.0 Å². The molecule has 1 unspecified atom stereocenters. The van der Waals surface area contributed by atoms with Gasteiger partial charge in [-0.25, -0.2) is 9.97 Å². The fraction of sp³-hybridized carbons (Fsp3) is 0.500. The number of amides is 1. The summed E-state index contributed by atoms with van der Waals surface area (Å²) in [5.41, 5.74) is 5.76. The van der Waals surface area contributed by atoms with Gasteiger partial charge in [0.15, 0.2) is 0 Å². The van der Waals surface area contributed by atoms with Gasteiger partial charge in [0.2, 0.25) is 11.9 Å². The lowest BCUT2D eigenvalue weighted by molar-refractivity contribution is -0.117. The van der Waals surface area contributed by atoms with Gasteiger partial charge in [0, 0.05) is 31.5 Å². The molecule has 1 aromatic heterocycles. The minimum Gasteiger partial charge on any atom is -0.326 e. The Bertz CT molecular complexity index is 355. The average molecular weight is 221 g/mol. The minimum absolute atomic E-state index is 0.0969. The first-order valence-electron chi connectivity index (χ1n) is 5.29. The molecule has 1 amide bonds. The van der Waals surface area contributed by atoms with Crippen molar-refractivity contribution >= 4 is 11.9 Å². The molecule has 2 heterocycles. The van der Waals surface area contributed by atoms with Gasteiger partial charge in [0.25, 0.3) is 0 Å². The second kappa shape index (κ2) is 5.00. The third-order valence-corrected chi connectivity index (χ3v) is 2.49. The molecule has 0 bridgehead atoms. The lowest BCUT2D eigenvalue weighted by Gasteiger charge is -2.13. The van der Waals surface area contributed by atoms with Crippen molar-refractivity contribution in [2.75, 3.05) is 25.0 Å². The summed E-state index contributed by atoms with van der Waals surface area (Å²) in [7, 11) is 0. The van der Waals surface area contributed by atoms with Gasteiger partial charge < -0.3 is 5.73 Å². The lowest BCUT2D eigenvalue weighted by atomic mass is 10.3. The van der Waals surface area contributed by atoms with Crippen LogP contribution in [0.1, 0.15) is 6.42 Å². The summed E-state index contributed by atoms with van der Waals surface area (Å²) in [5, 5.41) is 2.64. The number of hydrogen-bond donors (Lipinski definition) is 2. The summed E-state index contributed by atoms with van der Waals surface area (Å²) in [6.45, 7) is 2.01. The van der Waals surface area contributed by atoms with Crippen molar-refractivity contribution in [3.63, 3.8) is 0 Å². The number of carbonyl (C=O) groups is 1. The fourth-order valence-electron chi connectivity index (χ4n) is 1.74. The second-order valence-electron chi connectivity index (χ2n) is 3.90. The zero-order valence-electron chi connectivity index (χ0n) is 8.97. The maximum atomic E-state index is 11.6. The fourth-order valence-corrected chi connectivity index (χ4v) is 1.74. The van der Waals surface area contributed by atoms with E-state index in [2.05, 4.69) is 15.3 Å². The van der Waals surface area contributed by atoms with Crippen molar-refractivity contribution in [3.05, 3.63) is 18.5 Å². The zero-order valence-corrected chi connectivity index (χ0v) is 8.97. The molecule has 0 aromatic carbocycles. The first-order chi connectivity index (χ1) is 7.74. The number of anilines is 1. The number of nitrogens with one attached hydrogen (secondary N) is 1. The molecule has 86 valence electrons. The SMILES string of the molecule is NC1CCN(CC(=O)Nc2ncccn2)C1. The van der Waals surface area contributed by atoms with Gasteiger partial charge in [0.05, 0.1) is 6.54 Å². The van der Waals surface area contributed by atoms with Crippen molar-refractivity contribution in [1.29, 1.82) is 0 Å². The summed E-state index contributed by atoms with van der Waals surface area (Å²) in [4.78, 5) is 21.5. The molecular formula is C10H15N5O. The number of hydrogen-bond acceptors (Lipinski definition) is 5. The Morgan fingerprint density at radius 3 is 2.94 bits per heavy atom. The molecule has 1 aliphatic heterocycles. The standard InChI is InChI=1S/C10H15N5O/c11-8-2-5-15(6-8)7-9(16)14-10-12-3-1-4-13-10/h1,3-4,8H,2,5-7,11H2,(H,12,13,14,16). The Kier molecular flexibility index (Phi) is 3.43. The zero-order chi connectivity index (χ0) is 11.4. The maximum absolute atomic E-state index is 11.6. The monoisotopic (exact) mass is 221 g/mol. The van der Waals surface area contributed by atoms with E-state index < -0.39 is 0 Å². The summed E-state index contributed by atoms with van der Waals surface area (Å²) < 4.78 is 0. The largest absolute Gasteiger partial charge is 0.326 e. The van der Waals surface area contributed by atoms with Crippen LogP contribution >= 0.6 is 0 Å². The van der Waals surface area contributed by atoms with E-state index in [1.54, 1.807) is 18.5 Å². The molecular weight excluding hydrogens is 206 g/mol. The molecule has 1 fully saturated rings. The van der Waals surface area contributed by atoms with Crippen LogP contribution in [-0.4, -0.2) is 46.5 Å². The Hall–Kier alpha value is -1.53. The Balaban J connectivity index is 1.81. The van der Waals surface area contributed by atoms with E-state index in [1.807, 2.05) is 4.90 Å². The number of likely N-dealkylation sites (tertiary alicyclic amines) is 1. The maximum Gasteiger partial charge on any atom is 0.240 e. The van der Waals surface area contributed by atoms with Gasteiger partial charge in [-0.15, -0.1) is 0 Å². The predicted octanol–water partition coefficient (Wildman–Crippen LogP) is -0.552. The molecule has 16 heavy (non-hydrogen) atoms. The van der Waals surface area contributed by atoms with Crippen LogP contribution in [0.5, 0.6) is 0 Å². The van der Waals surface area contributed by atoms with Gasteiger partial charge in [-0.05, 0) is 12.5 Å². The molecule has 2 rings (SSSR count). The van der Waals surface area contributed by atoms with E-state index in [1.165, 1.54) is 0 Å². The van der Waals surface area contributed by atoms with Crippen molar-refractivity contribution in [2.45, 2.75) is 12.5 Å². The average Bonchev–Trinajstić information content (AvgIpc) is 2.65. The van der Waals surface area contributed by atoms with Gasteiger partial charge in [0.1, 0.15) is 0 Å². The molecule has 1 saturated heterocycles. The van der Waals surface area contributed by atoms with E-state index in [9.17, 15) is 4.79 Å². The molecule has 6 heteroatoms. The number of nitrogens with two attached hydrogens (primary N) is 1. The summed E-state index contributed by atoms with van der Waals surface area (Å²) in [5.74, 6) is 0.247. The third kappa shape index (κ3) is 2.98. The van der Waals surface area contributed by atoms with Crippen molar-refractivity contribution in [2.24, 2.45) is 5.73 Å². The predicted molar refractivity (Wildman–Crippen MR) is 59.7 cm³/mol. The minimum atomic E-state index is -0.0969. The van der Waals surface area contributed by atoms with Crippen LogP contribution in [0, 0.1) is 0 Å². The third-order valence-electron chi connectivity index (χ3n) is 2.49. The first kappa shape index (κ1) is 11.0. The van der Waals surface area contributed by atoms with E-state index >= 15 is 0 Å². The van der Waals surface area contributed by atoms with Crippen LogP contribution in [0.3, 0.4) is 0 Å². The number of nitrogens with zero attached hydrogens (tertiary/aromatic N) is 3. The highest BCUT2D eigenvalue weighted by Crippen LogP contribution is 2.06. The highest BCUT2D eigenvalue weighted by molar-refractivity contribution is 5.90. The lowest BCUT2D eigenvalue weighted by Crippen LogP contribution is -2.34. The van der Waals surface area contributed by atoms with Crippen molar-refractivity contribution < 1.29 is 4.79 Å². The summed E-state index contributed by atoms with van der Waals surface area (Å²) >= 11 is 0.